The number of likely N-dealkylation sites (N-methyl/N-ethyl adjacent to an activating group) is 1. The second-order valence-corrected chi connectivity index (χ2v) is 4.32. The third kappa shape index (κ3) is 4.03. The Morgan fingerprint density at radius 3 is 2.75 bits per heavy atom. The van der Waals surface area contributed by atoms with Crippen LogP contribution in [0.15, 0.2) is 18.2 Å². The Morgan fingerprint density at radius 2 is 2.20 bits per heavy atom. The molecule has 0 spiro atoms. The van der Waals surface area contributed by atoms with E-state index < -0.39 is 30.2 Å². The lowest BCUT2D eigenvalue weighted by Crippen LogP contribution is -2.42. The first-order valence-electron chi connectivity index (χ1n) is 5.76. The molecule has 3 N–H and O–H groups in total. The van der Waals surface area contributed by atoms with Crippen molar-refractivity contribution in [1.29, 1.82) is 5.26 Å². The summed E-state index contributed by atoms with van der Waals surface area (Å²) in [7, 11) is 1.39. The number of nitrogens with zero attached hydrogens (tertiary/aromatic N) is 2. The summed E-state index contributed by atoms with van der Waals surface area (Å²) in [5.74, 6) is -2.33. The molecule has 0 saturated heterocycles. The van der Waals surface area contributed by atoms with Gasteiger partial charge in [0.05, 0.1) is 24.1 Å². The number of halogens is 1. The van der Waals surface area contributed by atoms with E-state index >= 15 is 0 Å². The van der Waals surface area contributed by atoms with Gasteiger partial charge in [-0.25, -0.2) is 4.39 Å². The molecule has 1 atom stereocenters. The van der Waals surface area contributed by atoms with E-state index in [2.05, 4.69) is 0 Å². The van der Waals surface area contributed by atoms with E-state index in [1.807, 2.05) is 6.07 Å². The van der Waals surface area contributed by atoms with E-state index in [1.165, 1.54) is 19.2 Å². The fourth-order valence-corrected chi connectivity index (χ4v) is 1.66. The number of carboxylic acid groups (broad SMARTS) is 1. The number of aliphatic carboxylic acids is 1. The highest BCUT2D eigenvalue weighted by atomic mass is 19.1. The number of hydrogen-bond acceptors (Lipinski definition) is 4. The van der Waals surface area contributed by atoms with Crippen molar-refractivity contribution in [3.05, 3.63) is 35.1 Å². The van der Waals surface area contributed by atoms with E-state index in [1.54, 1.807) is 0 Å². The second kappa shape index (κ2) is 6.63. The molecule has 0 saturated carbocycles. The van der Waals surface area contributed by atoms with Crippen LogP contribution in [0.5, 0.6) is 0 Å². The molecule has 20 heavy (non-hydrogen) atoms. The van der Waals surface area contributed by atoms with Gasteiger partial charge in [-0.15, -0.1) is 0 Å². The topological polar surface area (TPSA) is 107 Å². The minimum absolute atomic E-state index is 0.0898. The number of nitriles is 1. The van der Waals surface area contributed by atoms with Gasteiger partial charge in [0.1, 0.15) is 5.82 Å². The largest absolute Gasteiger partial charge is 0.481 e. The quantitative estimate of drug-likeness (QED) is 0.814. The Balaban J connectivity index is 2.80. The summed E-state index contributed by atoms with van der Waals surface area (Å²) in [5.41, 5.74) is 5.89. The van der Waals surface area contributed by atoms with Gasteiger partial charge in [-0.1, -0.05) is 0 Å². The van der Waals surface area contributed by atoms with Crippen molar-refractivity contribution in [2.45, 2.75) is 19.0 Å². The fraction of sp³-hybridized carbons (Fsp3) is 0.308. The van der Waals surface area contributed by atoms with Crippen molar-refractivity contribution in [3.8, 4) is 6.07 Å². The highest BCUT2D eigenvalue weighted by Gasteiger charge is 2.21. The zero-order chi connectivity index (χ0) is 15.3. The molecule has 6 nitrogen and oxygen atoms in total. The Morgan fingerprint density at radius 1 is 1.55 bits per heavy atom. The predicted molar refractivity (Wildman–Crippen MR) is 67.8 cm³/mol. The van der Waals surface area contributed by atoms with E-state index in [0.717, 1.165) is 11.0 Å². The minimum atomic E-state index is -1.18. The van der Waals surface area contributed by atoms with Crippen LogP contribution in [0.25, 0.3) is 0 Å². The average molecular weight is 279 g/mol. The third-order valence-electron chi connectivity index (χ3n) is 2.67. The van der Waals surface area contributed by atoms with Crippen molar-refractivity contribution in [3.63, 3.8) is 0 Å². The van der Waals surface area contributed by atoms with Crippen LogP contribution >= 0.6 is 0 Å². The fourth-order valence-electron chi connectivity index (χ4n) is 1.66. The van der Waals surface area contributed by atoms with Crippen LogP contribution in [0.4, 0.5) is 4.39 Å². The lowest BCUT2D eigenvalue weighted by molar-refractivity contribution is -0.141. The zero-order valence-corrected chi connectivity index (χ0v) is 10.8. The Bertz CT molecular complexity index is 568. The molecule has 0 radical (unpaired) electrons. The van der Waals surface area contributed by atoms with Crippen LogP contribution < -0.4 is 5.73 Å². The molecule has 1 rings (SSSR count). The highest BCUT2D eigenvalue weighted by molar-refractivity contribution is 5.85. The molecule has 0 aliphatic carbocycles. The van der Waals surface area contributed by atoms with Crippen molar-refractivity contribution >= 4 is 11.9 Å². The van der Waals surface area contributed by atoms with E-state index in [4.69, 9.17) is 16.1 Å². The van der Waals surface area contributed by atoms with Gasteiger partial charge >= 0.3 is 5.97 Å². The van der Waals surface area contributed by atoms with Gasteiger partial charge in [-0.3, -0.25) is 9.59 Å². The number of carbonyl (C=O) groups excluding carboxylic acids is 1. The smallest absolute Gasteiger partial charge is 0.305 e. The van der Waals surface area contributed by atoms with Gasteiger partial charge in [-0.2, -0.15) is 5.26 Å². The molecular formula is C13H14FN3O3. The second-order valence-electron chi connectivity index (χ2n) is 4.32. The molecule has 1 unspecified atom stereocenters. The van der Waals surface area contributed by atoms with Gasteiger partial charge in [0.25, 0.3) is 0 Å². The zero-order valence-electron chi connectivity index (χ0n) is 10.8. The van der Waals surface area contributed by atoms with Crippen molar-refractivity contribution in [2.75, 3.05) is 7.05 Å². The number of rotatable bonds is 5. The molecule has 1 amide bonds. The lowest BCUT2D eigenvalue weighted by atomic mass is 10.1. The van der Waals surface area contributed by atoms with E-state index in [-0.39, 0.29) is 17.7 Å². The summed E-state index contributed by atoms with van der Waals surface area (Å²) >= 11 is 0. The number of nitrogens with two attached hydrogens (primary N) is 1. The maximum absolute atomic E-state index is 13.6. The summed E-state index contributed by atoms with van der Waals surface area (Å²) in [5, 5.41) is 17.3. The summed E-state index contributed by atoms with van der Waals surface area (Å²) in [6.07, 6.45) is -0.496. The first-order chi connectivity index (χ1) is 9.35. The molecule has 0 fully saturated rings. The van der Waals surface area contributed by atoms with Crippen LogP contribution in [0, 0.1) is 17.1 Å². The molecule has 106 valence electrons. The van der Waals surface area contributed by atoms with Crippen LogP contribution in [0.1, 0.15) is 17.5 Å². The molecular weight excluding hydrogens is 265 g/mol. The molecule has 1 aromatic carbocycles. The monoisotopic (exact) mass is 279 g/mol. The maximum Gasteiger partial charge on any atom is 0.305 e. The van der Waals surface area contributed by atoms with Crippen molar-refractivity contribution < 1.29 is 19.1 Å². The summed E-state index contributed by atoms with van der Waals surface area (Å²) in [6.45, 7) is -0.0898. The molecule has 1 aromatic rings. The standard InChI is InChI=1S/C13H14FN3O3/c1-17(13(20)11(16)5-12(18)19)7-9-4-8(6-15)2-3-10(9)14/h2-4,11H,5,7,16H2,1H3,(H,18,19). The van der Waals surface area contributed by atoms with Gasteiger partial charge in [0.15, 0.2) is 0 Å². The normalized spacial score (nSPS) is 11.5. The number of carboxylic acids is 1. The Hall–Kier alpha value is -2.46. The maximum atomic E-state index is 13.6. The van der Waals surface area contributed by atoms with Gasteiger partial charge in [-0.05, 0) is 18.2 Å². The van der Waals surface area contributed by atoms with Crippen LogP contribution in [-0.2, 0) is 16.1 Å². The SMILES string of the molecule is CN(Cc1cc(C#N)ccc1F)C(=O)C(N)CC(=O)O. The van der Waals surface area contributed by atoms with Gasteiger partial charge in [0.2, 0.25) is 5.91 Å². The highest BCUT2D eigenvalue weighted by Crippen LogP contribution is 2.13. The molecule has 0 aliphatic heterocycles. The Kier molecular flexibility index (Phi) is 5.17. The molecule has 0 aromatic heterocycles. The van der Waals surface area contributed by atoms with E-state index in [0.29, 0.717) is 0 Å². The number of carbonyl (C=O) groups is 2. The molecule has 0 bridgehead atoms. The van der Waals surface area contributed by atoms with Gasteiger partial charge in [0, 0.05) is 19.2 Å². The van der Waals surface area contributed by atoms with Crippen molar-refractivity contribution in [2.24, 2.45) is 5.73 Å². The lowest BCUT2D eigenvalue weighted by Gasteiger charge is -2.20. The Labute approximate surface area is 115 Å². The number of amides is 1. The van der Waals surface area contributed by atoms with E-state index in [9.17, 15) is 14.0 Å². The first-order valence-corrected chi connectivity index (χ1v) is 5.76. The summed E-state index contributed by atoms with van der Waals surface area (Å²) in [6, 6.07) is 4.50. The molecule has 0 aliphatic rings. The molecule has 0 heterocycles. The molecule has 7 heteroatoms. The number of hydrogen-bond donors (Lipinski definition) is 2. The summed E-state index contributed by atoms with van der Waals surface area (Å²) in [4.78, 5) is 23.4. The van der Waals surface area contributed by atoms with Crippen LogP contribution in [-0.4, -0.2) is 35.0 Å². The summed E-state index contributed by atoms with van der Waals surface area (Å²) < 4.78 is 13.6. The van der Waals surface area contributed by atoms with Crippen LogP contribution in [0.2, 0.25) is 0 Å². The average Bonchev–Trinajstić information content (AvgIpc) is 2.39. The number of benzene rings is 1. The first kappa shape index (κ1) is 15.6. The van der Waals surface area contributed by atoms with Crippen LogP contribution in [0.3, 0.4) is 0 Å². The van der Waals surface area contributed by atoms with Gasteiger partial charge < -0.3 is 15.7 Å². The third-order valence-corrected chi connectivity index (χ3v) is 2.67. The predicted octanol–water partition coefficient (Wildman–Crippen LogP) is 0.458. The minimum Gasteiger partial charge on any atom is -0.481 e. The van der Waals surface area contributed by atoms with Crippen molar-refractivity contribution in [1.82, 2.24) is 4.90 Å².